The van der Waals surface area contributed by atoms with Crippen LogP contribution in [0.2, 0.25) is 0 Å². The van der Waals surface area contributed by atoms with Gasteiger partial charge in [0, 0.05) is 18.1 Å². The second-order valence-electron chi connectivity index (χ2n) is 6.65. The first-order valence-corrected chi connectivity index (χ1v) is 9.19. The van der Waals surface area contributed by atoms with E-state index in [1.807, 2.05) is 43.0 Å². The van der Waals surface area contributed by atoms with Gasteiger partial charge in [-0.15, -0.1) is 0 Å². The van der Waals surface area contributed by atoms with Crippen LogP contribution in [-0.4, -0.2) is 34.3 Å². The number of hydrogen-bond acceptors (Lipinski definition) is 6. The highest BCUT2D eigenvalue weighted by Gasteiger charge is 2.17. The second kappa shape index (κ2) is 9.05. The number of rotatable bonds is 8. The third-order valence-electron chi connectivity index (χ3n) is 4.12. The predicted octanol–water partition coefficient (Wildman–Crippen LogP) is 4.31. The summed E-state index contributed by atoms with van der Waals surface area (Å²) in [6, 6.07) is 14.2. The van der Waals surface area contributed by atoms with Crippen molar-refractivity contribution >= 4 is 17.5 Å². The molecular weight excluding hydrogens is 370 g/mol. The van der Waals surface area contributed by atoms with Crippen molar-refractivity contribution in [2.75, 3.05) is 12.0 Å². The van der Waals surface area contributed by atoms with Crippen LogP contribution in [0.4, 0.5) is 11.5 Å². The van der Waals surface area contributed by atoms with Crippen LogP contribution in [0.25, 0.3) is 0 Å². The van der Waals surface area contributed by atoms with E-state index in [1.54, 1.807) is 43.8 Å². The summed E-state index contributed by atoms with van der Waals surface area (Å²) in [5.41, 5.74) is 1.85. The molecule has 0 aliphatic rings. The van der Waals surface area contributed by atoms with Crippen molar-refractivity contribution in [3.05, 3.63) is 72.1 Å². The monoisotopic (exact) mass is 393 g/mol. The second-order valence-corrected chi connectivity index (χ2v) is 6.65. The molecule has 0 spiro atoms. The largest absolute Gasteiger partial charge is 0.491 e. The van der Waals surface area contributed by atoms with E-state index in [1.165, 1.54) is 0 Å². The predicted molar refractivity (Wildman–Crippen MR) is 110 cm³/mol. The van der Waals surface area contributed by atoms with E-state index in [0.29, 0.717) is 29.7 Å². The fourth-order valence-electron chi connectivity index (χ4n) is 2.82. The van der Waals surface area contributed by atoms with Crippen LogP contribution in [0.5, 0.6) is 11.6 Å². The summed E-state index contributed by atoms with van der Waals surface area (Å²) in [7, 11) is 1.56. The first-order chi connectivity index (χ1) is 14.0. The molecular formula is C22H23N3O4. The molecule has 2 heterocycles. The Morgan fingerprint density at radius 1 is 1.17 bits per heavy atom. The zero-order valence-electron chi connectivity index (χ0n) is 16.6. The van der Waals surface area contributed by atoms with E-state index < -0.39 is 5.97 Å². The topological polar surface area (TPSA) is 84.8 Å². The van der Waals surface area contributed by atoms with Crippen molar-refractivity contribution in [3.8, 4) is 11.6 Å². The zero-order chi connectivity index (χ0) is 20.8. The van der Waals surface area contributed by atoms with Gasteiger partial charge in [0.05, 0.1) is 25.3 Å². The van der Waals surface area contributed by atoms with E-state index in [4.69, 9.17) is 9.47 Å². The van der Waals surface area contributed by atoms with E-state index >= 15 is 0 Å². The Bertz CT molecular complexity index is 977. The molecule has 0 amide bonds. The number of aromatic carboxylic acids is 1. The molecule has 0 saturated carbocycles. The van der Waals surface area contributed by atoms with Crippen LogP contribution in [0, 0.1) is 0 Å². The molecule has 0 atom stereocenters. The summed E-state index contributed by atoms with van der Waals surface area (Å²) in [6.07, 6.45) is 3.40. The Labute approximate surface area is 169 Å². The Morgan fingerprint density at radius 2 is 2.00 bits per heavy atom. The number of carboxylic acid groups (broad SMARTS) is 1. The molecule has 2 aromatic heterocycles. The molecule has 3 rings (SSSR count). The highest BCUT2D eigenvalue weighted by Crippen LogP contribution is 2.33. The quantitative estimate of drug-likeness (QED) is 0.610. The summed E-state index contributed by atoms with van der Waals surface area (Å²) in [4.78, 5) is 22.2. The number of pyridine rings is 2. The Kier molecular flexibility index (Phi) is 6.29. The van der Waals surface area contributed by atoms with Crippen molar-refractivity contribution < 1.29 is 19.4 Å². The van der Waals surface area contributed by atoms with E-state index in [9.17, 15) is 9.90 Å². The number of carbonyl (C=O) groups is 1. The Hall–Kier alpha value is -3.61. The summed E-state index contributed by atoms with van der Waals surface area (Å²) in [5, 5.41) is 9.38. The number of hydrogen-bond donors (Lipinski definition) is 1. The highest BCUT2D eigenvalue weighted by molar-refractivity contribution is 5.89. The van der Waals surface area contributed by atoms with E-state index in [-0.39, 0.29) is 11.7 Å². The van der Waals surface area contributed by atoms with Crippen LogP contribution >= 0.6 is 0 Å². The van der Waals surface area contributed by atoms with Crippen LogP contribution < -0.4 is 14.4 Å². The lowest BCUT2D eigenvalue weighted by Crippen LogP contribution is -2.19. The number of methoxy groups -OCH3 is 1. The van der Waals surface area contributed by atoms with Crippen molar-refractivity contribution in [2.45, 2.75) is 26.5 Å². The van der Waals surface area contributed by atoms with Gasteiger partial charge in [-0.05, 0) is 55.8 Å². The van der Waals surface area contributed by atoms with Crippen molar-refractivity contribution in [2.24, 2.45) is 0 Å². The lowest BCUT2D eigenvalue weighted by molar-refractivity contribution is 0.0697. The van der Waals surface area contributed by atoms with Crippen LogP contribution in [0.1, 0.15) is 29.8 Å². The first-order valence-electron chi connectivity index (χ1n) is 9.19. The van der Waals surface area contributed by atoms with Gasteiger partial charge in [0.15, 0.2) is 5.75 Å². The number of anilines is 2. The summed E-state index contributed by atoms with van der Waals surface area (Å²) in [5.74, 6) is 0.529. The maximum atomic E-state index is 11.4. The smallest absolute Gasteiger partial charge is 0.335 e. The molecule has 150 valence electrons. The minimum absolute atomic E-state index is 0.0752. The number of carboxylic acids is 1. The average molecular weight is 393 g/mol. The van der Waals surface area contributed by atoms with Gasteiger partial charge in [0.2, 0.25) is 0 Å². The van der Waals surface area contributed by atoms with Crippen LogP contribution in [-0.2, 0) is 6.54 Å². The van der Waals surface area contributed by atoms with Gasteiger partial charge in [-0.25, -0.2) is 4.79 Å². The third kappa shape index (κ3) is 5.01. The lowest BCUT2D eigenvalue weighted by atomic mass is 10.1. The minimum atomic E-state index is -0.986. The number of ether oxygens (including phenoxy) is 2. The standard InChI is InChI=1S/C22H23N3O4/c1-15(2)29-21-19(28-3)9-10-20(24-21)25(14-16-6-5-11-23-13-16)18-8-4-7-17(12-18)22(26)27/h4-13,15H,14H2,1-3H3,(H,26,27). The molecule has 0 saturated heterocycles. The number of aromatic nitrogens is 2. The molecule has 0 fully saturated rings. The zero-order valence-corrected chi connectivity index (χ0v) is 16.6. The molecule has 1 N–H and O–H groups in total. The third-order valence-corrected chi connectivity index (χ3v) is 4.12. The molecule has 0 bridgehead atoms. The van der Waals surface area contributed by atoms with Crippen LogP contribution in [0.15, 0.2) is 60.9 Å². The molecule has 29 heavy (non-hydrogen) atoms. The normalized spacial score (nSPS) is 10.6. The molecule has 0 aliphatic carbocycles. The van der Waals surface area contributed by atoms with Gasteiger partial charge in [0.1, 0.15) is 5.82 Å². The summed E-state index contributed by atoms with van der Waals surface area (Å²) in [6.45, 7) is 4.28. The molecule has 0 aliphatic heterocycles. The molecule has 0 unspecified atom stereocenters. The van der Waals surface area contributed by atoms with E-state index in [0.717, 1.165) is 5.56 Å². The van der Waals surface area contributed by atoms with Gasteiger partial charge >= 0.3 is 5.97 Å². The summed E-state index contributed by atoms with van der Waals surface area (Å²) < 4.78 is 11.2. The average Bonchev–Trinajstić information content (AvgIpc) is 2.72. The fraction of sp³-hybridized carbons (Fsp3) is 0.227. The van der Waals surface area contributed by atoms with Gasteiger partial charge in [-0.3, -0.25) is 4.98 Å². The lowest BCUT2D eigenvalue weighted by Gasteiger charge is -2.25. The maximum Gasteiger partial charge on any atom is 0.335 e. The number of benzene rings is 1. The molecule has 7 heteroatoms. The minimum Gasteiger partial charge on any atom is -0.491 e. The van der Waals surface area contributed by atoms with Gasteiger partial charge in [-0.2, -0.15) is 4.98 Å². The maximum absolute atomic E-state index is 11.4. The van der Waals surface area contributed by atoms with Gasteiger partial charge in [-0.1, -0.05) is 12.1 Å². The Morgan fingerprint density at radius 3 is 2.66 bits per heavy atom. The summed E-state index contributed by atoms with van der Waals surface area (Å²) >= 11 is 0. The molecule has 0 radical (unpaired) electrons. The van der Waals surface area contributed by atoms with Crippen LogP contribution in [0.3, 0.4) is 0 Å². The van der Waals surface area contributed by atoms with Gasteiger partial charge in [0.25, 0.3) is 5.88 Å². The number of nitrogens with zero attached hydrogens (tertiary/aromatic N) is 3. The molecule has 7 nitrogen and oxygen atoms in total. The molecule has 1 aromatic carbocycles. The molecule has 3 aromatic rings. The van der Waals surface area contributed by atoms with Crippen molar-refractivity contribution in [1.82, 2.24) is 9.97 Å². The SMILES string of the molecule is COc1ccc(N(Cc2cccnc2)c2cccc(C(=O)O)c2)nc1OC(C)C. The highest BCUT2D eigenvalue weighted by atomic mass is 16.5. The fourth-order valence-corrected chi connectivity index (χ4v) is 2.82. The van der Waals surface area contributed by atoms with E-state index in [2.05, 4.69) is 9.97 Å². The Balaban J connectivity index is 2.07. The first kappa shape index (κ1) is 20.1. The van der Waals surface area contributed by atoms with Crippen molar-refractivity contribution in [3.63, 3.8) is 0 Å². The van der Waals surface area contributed by atoms with Gasteiger partial charge < -0.3 is 19.5 Å². The van der Waals surface area contributed by atoms with Crippen molar-refractivity contribution in [1.29, 1.82) is 0 Å².